The van der Waals surface area contributed by atoms with Crippen LogP contribution in [0.1, 0.15) is 31.2 Å². The number of H-pyrrole nitrogens is 2. The van der Waals surface area contributed by atoms with Crippen molar-refractivity contribution in [2.75, 3.05) is 6.54 Å². The number of nitrogens with one attached hydrogen (secondary N) is 3. The summed E-state index contributed by atoms with van der Waals surface area (Å²) in [5.74, 6) is 1.56. The molecule has 3 N–H and O–H groups in total. The molecule has 0 spiro atoms. The van der Waals surface area contributed by atoms with E-state index in [1.165, 1.54) is 31.2 Å². The molecule has 0 atom stereocenters. The largest absolute Gasteiger partial charge is 0.336 e. The van der Waals surface area contributed by atoms with E-state index in [-0.39, 0.29) is 0 Å². The van der Waals surface area contributed by atoms with Gasteiger partial charge in [0, 0.05) is 36.1 Å². The number of pyridine rings is 2. The quantitative estimate of drug-likeness (QED) is 0.228. The molecule has 1 aliphatic rings. The monoisotopic (exact) mass is 505 g/mol. The van der Waals surface area contributed by atoms with Crippen molar-refractivity contribution in [1.82, 2.24) is 35.5 Å². The predicted octanol–water partition coefficient (Wildman–Crippen LogP) is 6.57. The fourth-order valence-electron chi connectivity index (χ4n) is 5.39. The number of imidazole rings is 1. The van der Waals surface area contributed by atoms with Gasteiger partial charge in [0.25, 0.3) is 0 Å². The van der Waals surface area contributed by atoms with Gasteiger partial charge in [-0.2, -0.15) is 5.10 Å². The van der Waals surface area contributed by atoms with Crippen molar-refractivity contribution in [2.24, 2.45) is 5.92 Å². The zero-order valence-electron chi connectivity index (χ0n) is 20.4. The minimum absolute atomic E-state index is 0.729. The van der Waals surface area contributed by atoms with E-state index in [2.05, 4.69) is 66.2 Å². The first kappa shape index (κ1) is 22.3. The van der Waals surface area contributed by atoms with Crippen LogP contribution in [0.2, 0.25) is 0 Å². The molecule has 0 bridgehead atoms. The van der Waals surface area contributed by atoms with Crippen LogP contribution in [0.15, 0.2) is 66.4 Å². The molecule has 1 aromatic carbocycles. The first-order valence-electron chi connectivity index (χ1n) is 12.8. The Hall–Kier alpha value is -3.88. The van der Waals surface area contributed by atoms with Crippen LogP contribution >= 0.6 is 11.3 Å². The Labute approximate surface area is 218 Å². The Balaban J connectivity index is 1.20. The van der Waals surface area contributed by atoms with E-state index < -0.39 is 0 Å². The second-order valence-corrected chi connectivity index (χ2v) is 10.8. The number of nitrogens with zero attached hydrogens (tertiary/aromatic N) is 4. The fourth-order valence-corrected chi connectivity index (χ4v) is 6.11. The van der Waals surface area contributed by atoms with Gasteiger partial charge in [-0.05, 0) is 72.1 Å². The molecule has 1 aliphatic carbocycles. The molecule has 1 saturated carbocycles. The molecule has 0 saturated heterocycles. The maximum absolute atomic E-state index is 4.93. The van der Waals surface area contributed by atoms with Crippen LogP contribution in [0.5, 0.6) is 0 Å². The van der Waals surface area contributed by atoms with Crippen LogP contribution < -0.4 is 5.32 Å². The SMILES string of the molecule is c1csc(-c2nccc3[nH]c(-c4n[nH]c5ccc(-c6cncc(CNCC7CCCC7)c6)cc45)nc23)c1. The minimum atomic E-state index is 0.729. The van der Waals surface area contributed by atoms with Gasteiger partial charge in [-0.15, -0.1) is 11.3 Å². The number of aromatic amines is 2. The lowest BCUT2D eigenvalue weighted by Gasteiger charge is -2.11. The molecule has 1 fully saturated rings. The number of rotatable bonds is 7. The average molecular weight is 506 g/mol. The molecule has 0 amide bonds. The van der Waals surface area contributed by atoms with Crippen LogP contribution in [0, 0.1) is 5.92 Å². The van der Waals surface area contributed by atoms with Crippen molar-refractivity contribution in [1.29, 1.82) is 0 Å². The zero-order valence-corrected chi connectivity index (χ0v) is 21.2. The van der Waals surface area contributed by atoms with Crippen LogP contribution in [-0.4, -0.2) is 36.7 Å². The highest BCUT2D eigenvalue weighted by molar-refractivity contribution is 7.13. The molecule has 0 aliphatic heterocycles. The van der Waals surface area contributed by atoms with E-state index in [0.29, 0.717) is 0 Å². The standard InChI is InChI=1S/C29H27N7S/c1-2-5-18(4-1)14-30-15-19-12-21(17-31-16-19)20-7-8-23-22(13-20)26(36-35-23)29-33-24-9-10-32-28(27(24)34-29)25-6-3-11-37-25/h3,6-13,16-18,30H,1-2,4-5,14-15H2,(H,33,34)(H,35,36). The molecule has 5 heterocycles. The Morgan fingerprint density at radius 1 is 0.973 bits per heavy atom. The average Bonchev–Trinajstić information content (AvgIpc) is 3.74. The summed E-state index contributed by atoms with van der Waals surface area (Å²) in [5, 5.41) is 14.5. The molecule has 7 rings (SSSR count). The van der Waals surface area contributed by atoms with E-state index in [0.717, 1.165) is 74.2 Å². The van der Waals surface area contributed by atoms with Gasteiger partial charge in [0.15, 0.2) is 5.82 Å². The smallest absolute Gasteiger partial charge is 0.159 e. The van der Waals surface area contributed by atoms with E-state index >= 15 is 0 Å². The second kappa shape index (κ2) is 9.53. The number of fused-ring (bicyclic) bond motifs is 2. The van der Waals surface area contributed by atoms with Crippen molar-refractivity contribution in [3.8, 4) is 33.2 Å². The highest BCUT2D eigenvalue weighted by Gasteiger charge is 2.17. The van der Waals surface area contributed by atoms with Gasteiger partial charge in [-0.25, -0.2) is 4.98 Å². The van der Waals surface area contributed by atoms with Gasteiger partial charge in [-0.3, -0.25) is 15.1 Å². The predicted molar refractivity (Wildman–Crippen MR) is 149 cm³/mol. The van der Waals surface area contributed by atoms with Crippen molar-refractivity contribution in [2.45, 2.75) is 32.2 Å². The Morgan fingerprint density at radius 2 is 1.92 bits per heavy atom. The summed E-state index contributed by atoms with van der Waals surface area (Å²) < 4.78 is 0. The summed E-state index contributed by atoms with van der Waals surface area (Å²) in [5.41, 5.74) is 7.87. The van der Waals surface area contributed by atoms with Crippen molar-refractivity contribution in [3.63, 3.8) is 0 Å². The number of thiophene rings is 1. The molecular formula is C29H27N7S. The maximum atomic E-state index is 4.93. The lowest BCUT2D eigenvalue weighted by molar-refractivity contribution is 0.489. The van der Waals surface area contributed by atoms with Crippen molar-refractivity contribution in [3.05, 3.63) is 72.0 Å². The number of benzene rings is 1. The molecule has 6 aromatic rings. The van der Waals surface area contributed by atoms with Gasteiger partial charge in [0.2, 0.25) is 0 Å². The summed E-state index contributed by atoms with van der Waals surface area (Å²) in [7, 11) is 0. The van der Waals surface area contributed by atoms with Crippen LogP contribution in [0.25, 0.3) is 55.2 Å². The Bertz CT molecular complexity index is 1680. The number of hydrogen-bond acceptors (Lipinski definition) is 6. The lowest BCUT2D eigenvalue weighted by atomic mass is 10.0. The van der Waals surface area contributed by atoms with E-state index in [4.69, 9.17) is 4.98 Å². The first-order chi connectivity index (χ1) is 18.3. The topological polar surface area (TPSA) is 95.2 Å². The third-order valence-corrected chi connectivity index (χ3v) is 8.18. The van der Waals surface area contributed by atoms with Gasteiger partial charge >= 0.3 is 0 Å². The Kier molecular flexibility index (Phi) is 5.75. The number of aromatic nitrogens is 6. The molecule has 7 nitrogen and oxygen atoms in total. The summed E-state index contributed by atoms with van der Waals surface area (Å²) >= 11 is 1.66. The molecular weight excluding hydrogens is 478 g/mol. The molecule has 5 aromatic heterocycles. The highest BCUT2D eigenvalue weighted by atomic mass is 32.1. The summed E-state index contributed by atoms with van der Waals surface area (Å²) in [6, 6.07) is 14.7. The summed E-state index contributed by atoms with van der Waals surface area (Å²) in [6.45, 7) is 1.94. The molecule has 37 heavy (non-hydrogen) atoms. The maximum Gasteiger partial charge on any atom is 0.159 e. The Morgan fingerprint density at radius 3 is 2.81 bits per heavy atom. The normalized spacial score (nSPS) is 14.3. The van der Waals surface area contributed by atoms with Crippen molar-refractivity contribution >= 4 is 33.3 Å². The first-order valence-corrected chi connectivity index (χ1v) is 13.7. The fraction of sp³-hybridized carbons (Fsp3) is 0.241. The van der Waals surface area contributed by atoms with E-state index in [1.807, 2.05) is 30.7 Å². The van der Waals surface area contributed by atoms with Crippen LogP contribution in [0.4, 0.5) is 0 Å². The highest BCUT2D eigenvalue weighted by Crippen LogP contribution is 2.33. The van der Waals surface area contributed by atoms with Gasteiger partial charge in [-0.1, -0.05) is 25.0 Å². The van der Waals surface area contributed by atoms with Gasteiger partial charge < -0.3 is 10.3 Å². The van der Waals surface area contributed by atoms with Gasteiger partial charge in [0.1, 0.15) is 16.9 Å². The second-order valence-electron chi connectivity index (χ2n) is 9.81. The lowest BCUT2D eigenvalue weighted by Crippen LogP contribution is -2.20. The summed E-state index contributed by atoms with van der Waals surface area (Å²) in [4.78, 5) is 18.6. The third kappa shape index (κ3) is 4.32. The summed E-state index contributed by atoms with van der Waals surface area (Å²) in [6.07, 6.45) is 11.2. The van der Waals surface area contributed by atoms with Crippen molar-refractivity contribution < 1.29 is 0 Å². The molecule has 8 heteroatoms. The number of hydrogen-bond donors (Lipinski definition) is 3. The molecule has 184 valence electrons. The van der Waals surface area contributed by atoms with E-state index in [1.54, 1.807) is 11.3 Å². The van der Waals surface area contributed by atoms with E-state index in [9.17, 15) is 0 Å². The minimum Gasteiger partial charge on any atom is -0.336 e. The third-order valence-electron chi connectivity index (χ3n) is 7.31. The van der Waals surface area contributed by atoms with Crippen LogP contribution in [-0.2, 0) is 6.54 Å². The van der Waals surface area contributed by atoms with Gasteiger partial charge in [0.05, 0.1) is 15.9 Å². The zero-order chi connectivity index (χ0) is 24.6. The molecule has 0 radical (unpaired) electrons. The molecule has 0 unspecified atom stereocenters. The van der Waals surface area contributed by atoms with Crippen LogP contribution in [0.3, 0.4) is 0 Å².